The van der Waals surface area contributed by atoms with E-state index in [0.29, 0.717) is 5.69 Å². The van der Waals surface area contributed by atoms with Crippen LogP contribution in [-0.4, -0.2) is 20.4 Å². The van der Waals surface area contributed by atoms with Gasteiger partial charge in [-0.05, 0) is 13.8 Å². The number of carbonyl (C=O) groups is 1. The maximum atomic E-state index is 11.9. The SMILES string of the molecule is Cc1csc(C(C)NC(=O)c2cncn2C)n1. The zero-order valence-electron chi connectivity index (χ0n) is 9.97. The molecule has 0 radical (unpaired) electrons. The highest BCUT2D eigenvalue weighted by Crippen LogP contribution is 2.17. The summed E-state index contributed by atoms with van der Waals surface area (Å²) in [4.78, 5) is 20.2. The molecule has 0 fully saturated rings. The molecule has 0 saturated heterocycles. The summed E-state index contributed by atoms with van der Waals surface area (Å²) in [7, 11) is 1.79. The highest BCUT2D eigenvalue weighted by molar-refractivity contribution is 7.09. The Bertz CT molecular complexity index is 531. The number of nitrogens with one attached hydrogen (secondary N) is 1. The second-order valence-electron chi connectivity index (χ2n) is 3.91. The lowest BCUT2D eigenvalue weighted by Gasteiger charge is -2.11. The van der Waals surface area contributed by atoms with Crippen LogP contribution in [0, 0.1) is 6.92 Å². The summed E-state index contributed by atoms with van der Waals surface area (Å²) in [6.07, 6.45) is 3.16. The van der Waals surface area contributed by atoms with Crippen molar-refractivity contribution >= 4 is 17.2 Å². The lowest BCUT2D eigenvalue weighted by molar-refractivity contribution is 0.0931. The molecule has 2 rings (SSSR count). The van der Waals surface area contributed by atoms with Crippen molar-refractivity contribution in [3.8, 4) is 0 Å². The van der Waals surface area contributed by atoms with Crippen molar-refractivity contribution in [3.63, 3.8) is 0 Å². The van der Waals surface area contributed by atoms with E-state index in [2.05, 4.69) is 15.3 Å². The first-order chi connectivity index (χ1) is 8.08. The average Bonchev–Trinajstić information content (AvgIpc) is 2.86. The second-order valence-corrected chi connectivity index (χ2v) is 4.80. The van der Waals surface area contributed by atoms with Gasteiger partial charge in [0.2, 0.25) is 0 Å². The zero-order valence-corrected chi connectivity index (χ0v) is 10.8. The highest BCUT2D eigenvalue weighted by Gasteiger charge is 2.15. The molecular weight excluding hydrogens is 236 g/mol. The van der Waals surface area contributed by atoms with Gasteiger partial charge in [0.05, 0.1) is 18.6 Å². The summed E-state index contributed by atoms with van der Waals surface area (Å²) in [5, 5.41) is 5.79. The summed E-state index contributed by atoms with van der Waals surface area (Å²) in [6, 6.07) is -0.0869. The smallest absolute Gasteiger partial charge is 0.270 e. The summed E-state index contributed by atoms with van der Waals surface area (Å²) < 4.78 is 1.69. The number of hydrogen-bond acceptors (Lipinski definition) is 4. The van der Waals surface area contributed by atoms with Gasteiger partial charge < -0.3 is 9.88 Å². The minimum Gasteiger partial charge on any atom is -0.342 e. The molecule has 5 nitrogen and oxygen atoms in total. The van der Waals surface area contributed by atoms with E-state index in [9.17, 15) is 4.79 Å². The molecule has 0 bridgehead atoms. The Labute approximate surface area is 104 Å². The van der Waals surface area contributed by atoms with Gasteiger partial charge in [-0.2, -0.15) is 0 Å². The number of carbonyl (C=O) groups excluding carboxylic acids is 1. The number of rotatable bonds is 3. The fourth-order valence-corrected chi connectivity index (χ4v) is 2.28. The van der Waals surface area contributed by atoms with Gasteiger partial charge in [-0.25, -0.2) is 9.97 Å². The van der Waals surface area contributed by atoms with Crippen molar-refractivity contribution in [1.29, 1.82) is 0 Å². The highest BCUT2D eigenvalue weighted by atomic mass is 32.1. The third-order valence-electron chi connectivity index (χ3n) is 2.40. The largest absolute Gasteiger partial charge is 0.342 e. The van der Waals surface area contributed by atoms with Gasteiger partial charge in [0.15, 0.2) is 0 Å². The monoisotopic (exact) mass is 250 g/mol. The number of imidazole rings is 1. The third kappa shape index (κ3) is 2.52. The Balaban J connectivity index is 2.07. The number of aromatic nitrogens is 3. The van der Waals surface area contributed by atoms with Crippen LogP contribution in [-0.2, 0) is 7.05 Å². The van der Waals surface area contributed by atoms with E-state index < -0.39 is 0 Å². The predicted molar refractivity (Wildman–Crippen MR) is 65.9 cm³/mol. The van der Waals surface area contributed by atoms with E-state index >= 15 is 0 Å². The van der Waals surface area contributed by atoms with Gasteiger partial charge in [0.1, 0.15) is 10.7 Å². The molecule has 17 heavy (non-hydrogen) atoms. The fraction of sp³-hybridized carbons (Fsp3) is 0.364. The van der Waals surface area contributed by atoms with Crippen LogP contribution < -0.4 is 5.32 Å². The molecule has 2 heterocycles. The maximum absolute atomic E-state index is 11.9. The lowest BCUT2D eigenvalue weighted by Crippen LogP contribution is -2.28. The van der Waals surface area contributed by atoms with Crippen molar-refractivity contribution in [2.45, 2.75) is 19.9 Å². The topological polar surface area (TPSA) is 59.8 Å². The molecule has 0 aromatic carbocycles. The zero-order chi connectivity index (χ0) is 12.4. The van der Waals surface area contributed by atoms with E-state index in [4.69, 9.17) is 0 Å². The minimum atomic E-state index is -0.134. The van der Waals surface area contributed by atoms with Crippen LogP contribution in [0.4, 0.5) is 0 Å². The standard InChI is InChI=1S/C11H14N4OS/c1-7-5-17-11(13-7)8(2)14-10(16)9-4-12-6-15(9)3/h4-6,8H,1-3H3,(H,14,16). The molecule has 0 aliphatic rings. The van der Waals surface area contributed by atoms with Crippen molar-refractivity contribution in [2.24, 2.45) is 7.05 Å². The van der Waals surface area contributed by atoms with E-state index in [1.165, 1.54) is 0 Å². The number of aryl methyl sites for hydroxylation is 2. The Hall–Kier alpha value is -1.69. The first kappa shape index (κ1) is 11.8. The number of hydrogen-bond donors (Lipinski definition) is 1. The first-order valence-corrected chi connectivity index (χ1v) is 6.15. The molecule has 1 amide bonds. The van der Waals surface area contributed by atoms with Crippen LogP contribution in [0.2, 0.25) is 0 Å². The molecule has 0 aliphatic carbocycles. The molecule has 1 N–H and O–H groups in total. The minimum absolute atomic E-state index is 0.0869. The first-order valence-electron chi connectivity index (χ1n) is 5.27. The van der Waals surface area contributed by atoms with Crippen LogP contribution in [0.1, 0.15) is 34.2 Å². The molecule has 90 valence electrons. The van der Waals surface area contributed by atoms with Crippen LogP contribution in [0.25, 0.3) is 0 Å². The molecule has 1 atom stereocenters. The molecular formula is C11H14N4OS. The summed E-state index contributed by atoms with van der Waals surface area (Å²) in [5.41, 5.74) is 1.52. The van der Waals surface area contributed by atoms with Gasteiger partial charge in [-0.1, -0.05) is 0 Å². The summed E-state index contributed by atoms with van der Waals surface area (Å²) in [6.45, 7) is 3.86. The van der Waals surface area contributed by atoms with Crippen LogP contribution >= 0.6 is 11.3 Å². The van der Waals surface area contributed by atoms with Crippen molar-refractivity contribution < 1.29 is 4.79 Å². The van der Waals surface area contributed by atoms with E-state index in [0.717, 1.165) is 10.7 Å². The molecule has 2 aromatic heterocycles. The van der Waals surface area contributed by atoms with Crippen LogP contribution in [0.5, 0.6) is 0 Å². The molecule has 0 spiro atoms. The fourth-order valence-electron chi connectivity index (χ4n) is 1.48. The van der Waals surface area contributed by atoms with Gasteiger partial charge in [-0.15, -0.1) is 11.3 Å². The van der Waals surface area contributed by atoms with Crippen LogP contribution in [0.15, 0.2) is 17.9 Å². The molecule has 1 unspecified atom stereocenters. The third-order valence-corrected chi connectivity index (χ3v) is 3.55. The Kier molecular flexibility index (Phi) is 3.23. The maximum Gasteiger partial charge on any atom is 0.270 e. The molecule has 0 aliphatic heterocycles. The quantitative estimate of drug-likeness (QED) is 0.901. The molecule has 2 aromatic rings. The van der Waals surface area contributed by atoms with Gasteiger partial charge in [-0.3, -0.25) is 4.79 Å². The number of thiazole rings is 1. The predicted octanol–water partition coefficient (Wildman–Crippen LogP) is 1.68. The van der Waals surface area contributed by atoms with Gasteiger partial charge in [0.25, 0.3) is 5.91 Å². The van der Waals surface area contributed by atoms with E-state index in [-0.39, 0.29) is 11.9 Å². The lowest BCUT2D eigenvalue weighted by atomic mass is 10.3. The van der Waals surface area contributed by atoms with Gasteiger partial charge in [0, 0.05) is 18.1 Å². The van der Waals surface area contributed by atoms with Crippen molar-refractivity contribution in [3.05, 3.63) is 34.3 Å². The molecule has 6 heteroatoms. The van der Waals surface area contributed by atoms with Crippen LogP contribution in [0.3, 0.4) is 0 Å². The summed E-state index contributed by atoms with van der Waals surface area (Å²) in [5.74, 6) is -0.134. The van der Waals surface area contributed by atoms with Gasteiger partial charge >= 0.3 is 0 Å². The Morgan fingerprint density at radius 1 is 1.59 bits per heavy atom. The summed E-state index contributed by atoms with van der Waals surface area (Å²) >= 11 is 1.55. The Morgan fingerprint density at radius 3 is 2.88 bits per heavy atom. The Morgan fingerprint density at radius 2 is 2.35 bits per heavy atom. The molecule has 0 saturated carbocycles. The average molecular weight is 250 g/mol. The normalized spacial score (nSPS) is 12.4. The van der Waals surface area contributed by atoms with E-state index in [1.54, 1.807) is 35.5 Å². The van der Waals surface area contributed by atoms with Crippen molar-refractivity contribution in [2.75, 3.05) is 0 Å². The van der Waals surface area contributed by atoms with Crippen molar-refractivity contribution in [1.82, 2.24) is 19.9 Å². The number of amides is 1. The second kappa shape index (κ2) is 4.67. The number of nitrogens with zero attached hydrogens (tertiary/aromatic N) is 3. The van der Waals surface area contributed by atoms with E-state index in [1.807, 2.05) is 19.2 Å².